The summed E-state index contributed by atoms with van der Waals surface area (Å²) in [7, 11) is -2.95. The maximum Gasteiger partial charge on any atom is 0.214 e. The second-order valence-electron chi connectivity index (χ2n) is 4.36. The van der Waals surface area contributed by atoms with E-state index in [9.17, 15) is 8.42 Å². The van der Waals surface area contributed by atoms with Crippen LogP contribution in [-0.2, 0) is 10.0 Å². The third-order valence-corrected chi connectivity index (χ3v) is 5.47. The Balaban J connectivity index is 1.93. The number of rotatable bonds is 4. The van der Waals surface area contributed by atoms with Crippen molar-refractivity contribution in [3.63, 3.8) is 0 Å². The van der Waals surface area contributed by atoms with Crippen LogP contribution in [-0.4, -0.2) is 38.1 Å². The molecule has 14 heavy (non-hydrogen) atoms. The molecule has 82 valence electrons. The molecule has 0 bridgehead atoms. The second-order valence-corrected chi connectivity index (χ2v) is 6.45. The highest BCUT2D eigenvalue weighted by Crippen LogP contribution is 2.51. The molecule has 4 nitrogen and oxygen atoms in total. The fourth-order valence-corrected chi connectivity index (χ4v) is 4.15. The van der Waals surface area contributed by atoms with Crippen LogP contribution < -0.4 is 5.73 Å². The highest BCUT2D eigenvalue weighted by Gasteiger charge is 2.56. The minimum Gasteiger partial charge on any atom is -0.330 e. The molecular formula is C9H18N2O2S. The fourth-order valence-electron chi connectivity index (χ4n) is 2.57. The number of fused-ring (bicyclic) bond motifs is 1. The van der Waals surface area contributed by atoms with E-state index in [0.717, 1.165) is 19.6 Å². The fraction of sp³-hybridized carbons (Fsp3) is 1.00. The molecule has 1 aliphatic carbocycles. The molecule has 2 unspecified atom stereocenters. The van der Waals surface area contributed by atoms with Crippen LogP contribution in [0.5, 0.6) is 0 Å². The summed E-state index contributed by atoms with van der Waals surface area (Å²) in [5.74, 6) is 2.01. The van der Waals surface area contributed by atoms with Crippen molar-refractivity contribution in [1.82, 2.24) is 4.31 Å². The van der Waals surface area contributed by atoms with Gasteiger partial charge in [0.2, 0.25) is 10.0 Å². The van der Waals surface area contributed by atoms with Gasteiger partial charge in [0.1, 0.15) is 0 Å². The van der Waals surface area contributed by atoms with Crippen LogP contribution in [0.2, 0.25) is 0 Å². The maximum absolute atomic E-state index is 11.7. The Morgan fingerprint density at radius 3 is 2.36 bits per heavy atom. The quantitative estimate of drug-likeness (QED) is 0.714. The van der Waals surface area contributed by atoms with Crippen LogP contribution in [0.25, 0.3) is 0 Å². The molecule has 1 heterocycles. The molecular weight excluding hydrogens is 200 g/mol. The van der Waals surface area contributed by atoms with E-state index in [2.05, 4.69) is 0 Å². The molecule has 0 aromatic carbocycles. The molecule has 1 saturated carbocycles. The lowest BCUT2D eigenvalue weighted by molar-refractivity contribution is 0.413. The summed E-state index contributed by atoms with van der Waals surface area (Å²) >= 11 is 0. The first kappa shape index (κ1) is 10.4. The van der Waals surface area contributed by atoms with E-state index in [1.54, 1.807) is 4.31 Å². The molecule has 0 aromatic rings. The highest BCUT2D eigenvalue weighted by molar-refractivity contribution is 7.89. The topological polar surface area (TPSA) is 63.4 Å². The predicted octanol–water partition coefficient (Wildman–Crippen LogP) is -0.137. The summed E-state index contributed by atoms with van der Waals surface area (Å²) in [5, 5.41) is 0. The van der Waals surface area contributed by atoms with Gasteiger partial charge in [0.15, 0.2) is 0 Å². The zero-order valence-corrected chi connectivity index (χ0v) is 9.33. The zero-order chi connectivity index (χ0) is 10.3. The van der Waals surface area contributed by atoms with Crippen LogP contribution in [0.15, 0.2) is 0 Å². The Morgan fingerprint density at radius 2 is 1.93 bits per heavy atom. The van der Waals surface area contributed by atoms with E-state index >= 15 is 0 Å². The predicted molar refractivity (Wildman–Crippen MR) is 55.2 cm³/mol. The van der Waals surface area contributed by atoms with Crippen molar-refractivity contribution in [3.05, 3.63) is 0 Å². The Bertz CT molecular complexity index is 303. The van der Waals surface area contributed by atoms with Crippen molar-refractivity contribution < 1.29 is 8.42 Å². The summed E-state index contributed by atoms with van der Waals surface area (Å²) < 4.78 is 25.0. The van der Waals surface area contributed by atoms with Gasteiger partial charge in [-0.05, 0) is 30.7 Å². The number of hydrogen-bond acceptors (Lipinski definition) is 3. The first-order valence-corrected chi connectivity index (χ1v) is 6.89. The van der Waals surface area contributed by atoms with Crippen LogP contribution in [0.3, 0.4) is 0 Å². The summed E-state index contributed by atoms with van der Waals surface area (Å²) in [6, 6.07) is 0. The van der Waals surface area contributed by atoms with Gasteiger partial charge in [0.25, 0.3) is 0 Å². The van der Waals surface area contributed by atoms with Gasteiger partial charge in [-0.15, -0.1) is 0 Å². The van der Waals surface area contributed by atoms with Crippen LogP contribution in [0.4, 0.5) is 0 Å². The summed E-state index contributed by atoms with van der Waals surface area (Å²) in [4.78, 5) is 0. The Labute approximate surface area is 85.5 Å². The average molecular weight is 218 g/mol. The lowest BCUT2D eigenvalue weighted by Crippen LogP contribution is -2.34. The molecule has 2 aliphatic rings. The number of sulfonamides is 1. The average Bonchev–Trinajstić information content (AvgIpc) is 2.56. The van der Waals surface area contributed by atoms with Crippen molar-refractivity contribution in [2.45, 2.75) is 13.3 Å². The van der Waals surface area contributed by atoms with Gasteiger partial charge in [-0.3, -0.25) is 0 Å². The van der Waals surface area contributed by atoms with Crippen molar-refractivity contribution in [3.8, 4) is 0 Å². The van der Waals surface area contributed by atoms with Gasteiger partial charge < -0.3 is 5.73 Å². The van der Waals surface area contributed by atoms with Crippen molar-refractivity contribution >= 4 is 10.0 Å². The standard InChI is InChI=1S/C9H18N2O2S/c1-2-3-14(12,13)11-5-8-7(4-10)9(8)6-11/h7-9H,2-6,10H2,1H3. The third kappa shape index (κ3) is 1.57. The molecule has 0 spiro atoms. The molecule has 2 fully saturated rings. The lowest BCUT2D eigenvalue weighted by Gasteiger charge is -2.18. The van der Waals surface area contributed by atoms with Gasteiger partial charge in [-0.25, -0.2) is 12.7 Å². The number of piperidine rings is 1. The Morgan fingerprint density at radius 1 is 1.36 bits per heavy atom. The largest absolute Gasteiger partial charge is 0.330 e. The minimum atomic E-state index is -2.95. The van der Waals surface area contributed by atoms with Gasteiger partial charge >= 0.3 is 0 Å². The molecule has 0 amide bonds. The lowest BCUT2D eigenvalue weighted by atomic mass is 10.3. The van der Waals surface area contributed by atoms with Gasteiger partial charge in [0, 0.05) is 13.1 Å². The molecule has 5 heteroatoms. The van der Waals surface area contributed by atoms with Crippen LogP contribution in [0, 0.1) is 17.8 Å². The third-order valence-electron chi connectivity index (χ3n) is 3.47. The highest BCUT2D eigenvalue weighted by atomic mass is 32.2. The summed E-state index contributed by atoms with van der Waals surface area (Å²) in [6.07, 6.45) is 0.703. The van der Waals surface area contributed by atoms with Crippen LogP contribution >= 0.6 is 0 Å². The SMILES string of the molecule is CCCS(=O)(=O)N1CC2C(CN)C2C1. The number of nitrogens with two attached hydrogens (primary N) is 1. The van der Waals surface area contributed by atoms with E-state index in [4.69, 9.17) is 5.73 Å². The number of nitrogens with zero attached hydrogens (tertiary/aromatic N) is 1. The molecule has 0 aromatic heterocycles. The van der Waals surface area contributed by atoms with Gasteiger partial charge in [-0.2, -0.15) is 0 Å². The van der Waals surface area contributed by atoms with Gasteiger partial charge in [-0.1, -0.05) is 6.92 Å². The van der Waals surface area contributed by atoms with E-state index in [1.165, 1.54) is 0 Å². The molecule has 1 saturated heterocycles. The number of hydrogen-bond donors (Lipinski definition) is 1. The Kier molecular flexibility index (Phi) is 2.57. The molecule has 2 N–H and O–H groups in total. The Hall–Kier alpha value is -0.130. The summed E-state index contributed by atoms with van der Waals surface area (Å²) in [5.41, 5.74) is 5.57. The molecule has 1 aliphatic heterocycles. The van der Waals surface area contributed by atoms with E-state index in [-0.39, 0.29) is 0 Å². The molecule has 2 rings (SSSR count). The van der Waals surface area contributed by atoms with E-state index in [0.29, 0.717) is 29.9 Å². The van der Waals surface area contributed by atoms with Crippen molar-refractivity contribution in [2.75, 3.05) is 25.4 Å². The maximum atomic E-state index is 11.7. The second kappa shape index (κ2) is 3.47. The first-order chi connectivity index (χ1) is 6.60. The smallest absolute Gasteiger partial charge is 0.214 e. The minimum absolute atomic E-state index is 0.291. The van der Waals surface area contributed by atoms with E-state index < -0.39 is 10.0 Å². The summed E-state index contributed by atoms with van der Waals surface area (Å²) in [6.45, 7) is 4.05. The monoisotopic (exact) mass is 218 g/mol. The first-order valence-electron chi connectivity index (χ1n) is 5.28. The van der Waals surface area contributed by atoms with Crippen molar-refractivity contribution in [1.29, 1.82) is 0 Å². The van der Waals surface area contributed by atoms with Crippen LogP contribution in [0.1, 0.15) is 13.3 Å². The van der Waals surface area contributed by atoms with Crippen molar-refractivity contribution in [2.24, 2.45) is 23.5 Å². The normalized spacial score (nSPS) is 37.1. The van der Waals surface area contributed by atoms with E-state index in [1.807, 2.05) is 6.92 Å². The van der Waals surface area contributed by atoms with Gasteiger partial charge in [0.05, 0.1) is 5.75 Å². The molecule has 0 radical (unpaired) electrons. The zero-order valence-electron chi connectivity index (χ0n) is 8.52. The molecule has 2 atom stereocenters.